The number of rotatable bonds is 5. The Kier molecular flexibility index (Phi) is 4.10. The van der Waals surface area contributed by atoms with Gasteiger partial charge in [0.25, 0.3) is 0 Å². The number of fused-ring (bicyclic) bond motifs is 1. The Morgan fingerprint density at radius 3 is 3.06 bits per heavy atom. The highest BCUT2D eigenvalue weighted by Crippen LogP contribution is 2.24. The third kappa shape index (κ3) is 3.03. The van der Waals surface area contributed by atoms with Crippen LogP contribution in [0.2, 0.25) is 0 Å². The molecule has 1 aromatic heterocycles. The Morgan fingerprint density at radius 1 is 1.47 bits per heavy atom. The van der Waals surface area contributed by atoms with Crippen molar-refractivity contribution in [2.75, 3.05) is 18.1 Å². The first-order chi connectivity index (χ1) is 8.18. The average molecular weight is 253 g/mol. The molecule has 1 aliphatic rings. The van der Waals surface area contributed by atoms with Crippen LogP contribution in [0.1, 0.15) is 31.0 Å². The largest absolute Gasteiger partial charge is 0.370 e. The van der Waals surface area contributed by atoms with Crippen LogP contribution in [0.5, 0.6) is 0 Å². The number of nitrogens with one attached hydrogen (secondary N) is 1. The molecule has 1 aromatic rings. The van der Waals surface area contributed by atoms with Crippen LogP contribution in [-0.4, -0.2) is 32.2 Å². The van der Waals surface area contributed by atoms with E-state index in [-0.39, 0.29) is 5.25 Å². The second kappa shape index (κ2) is 5.58. The van der Waals surface area contributed by atoms with Gasteiger partial charge in [0.15, 0.2) is 0 Å². The van der Waals surface area contributed by atoms with Gasteiger partial charge in [0.2, 0.25) is 0 Å². The maximum Gasteiger partial charge on any atom is 0.132 e. The summed E-state index contributed by atoms with van der Waals surface area (Å²) in [6.07, 6.45) is 7.62. The molecular formula is C12H19N3OS. The van der Waals surface area contributed by atoms with Gasteiger partial charge in [-0.1, -0.05) is 6.92 Å². The van der Waals surface area contributed by atoms with Crippen LogP contribution >= 0.6 is 0 Å². The second-order valence-corrected chi connectivity index (χ2v) is 6.33. The fourth-order valence-corrected chi connectivity index (χ4v) is 2.52. The van der Waals surface area contributed by atoms with Crippen molar-refractivity contribution in [1.29, 1.82) is 0 Å². The normalized spacial score (nSPS) is 17.5. The summed E-state index contributed by atoms with van der Waals surface area (Å²) in [7, 11) is -0.740. The topological polar surface area (TPSA) is 54.9 Å². The summed E-state index contributed by atoms with van der Waals surface area (Å²) in [6, 6.07) is 0. The molecule has 2 unspecified atom stereocenters. The molecule has 0 bridgehead atoms. The van der Waals surface area contributed by atoms with E-state index in [4.69, 9.17) is 0 Å². The number of nitrogens with zero attached hydrogens (tertiary/aromatic N) is 2. The molecule has 17 heavy (non-hydrogen) atoms. The van der Waals surface area contributed by atoms with Gasteiger partial charge >= 0.3 is 0 Å². The lowest BCUT2D eigenvalue weighted by molar-refractivity contribution is 0.672. The van der Waals surface area contributed by atoms with Crippen LogP contribution in [0.15, 0.2) is 6.33 Å². The standard InChI is InChI=1S/C12H19N3OS/c1-9(17(2)16)6-7-13-12-10-4-3-5-11(10)14-8-15-12/h8-9H,3-7H2,1-2H3,(H,13,14,15). The van der Waals surface area contributed by atoms with Gasteiger partial charge in [-0.25, -0.2) is 9.97 Å². The highest BCUT2D eigenvalue weighted by Gasteiger charge is 2.16. The first kappa shape index (κ1) is 12.5. The van der Waals surface area contributed by atoms with Crippen LogP contribution in [0.4, 0.5) is 5.82 Å². The predicted octanol–water partition coefficient (Wildman–Crippen LogP) is 1.53. The van der Waals surface area contributed by atoms with Gasteiger partial charge in [-0.2, -0.15) is 0 Å². The van der Waals surface area contributed by atoms with Crippen molar-refractivity contribution in [2.45, 2.75) is 37.9 Å². The van der Waals surface area contributed by atoms with E-state index >= 15 is 0 Å². The lowest BCUT2D eigenvalue weighted by Crippen LogP contribution is -2.16. The molecule has 1 N–H and O–H groups in total. The first-order valence-electron chi connectivity index (χ1n) is 6.07. The predicted molar refractivity (Wildman–Crippen MR) is 70.7 cm³/mol. The molecule has 2 atom stereocenters. The first-order valence-corrected chi connectivity index (χ1v) is 7.69. The lowest BCUT2D eigenvalue weighted by atomic mass is 10.2. The lowest BCUT2D eigenvalue weighted by Gasteiger charge is -2.11. The Labute approximate surface area is 105 Å². The molecule has 0 fully saturated rings. The van der Waals surface area contributed by atoms with E-state index in [1.54, 1.807) is 12.6 Å². The zero-order chi connectivity index (χ0) is 12.3. The highest BCUT2D eigenvalue weighted by atomic mass is 32.2. The maximum absolute atomic E-state index is 11.2. The van der Waals surface area contributed by atoms with Crippen molar-refractivity contribution < 1.29 is 4.21 Å². The van der Waals surface area contributed by atoms with Crippen LogP contribution in [0.3, 0.4) is 0 Å². The summed E-state index contributed by atoms with van der Waals surface area (Å²) in [4.78, 5) is 8.59. The fraction of sp³-hybridized carbons (Fsp3) is 0.667. The molecule has 1 aliphatic carbocycles. The summed E-state index contributed by atoms with van der Waals surface area (Å²) in [6.45, 7) is 2.84. The van der Waals surface area contributed by atoms with Gasteiger partial charge in [-0.3, -0.25) is 4.21 Å². The van der Waals surface area contributed by atoms with Crippen molar-refractivity contribution >= 4 is 16.6 Å². The van der Waals surface area contributed by atoms with E-state index in [9.17, 15) is 4.21 Å². The van der Waals surface area contributed by atoms with E-state index in [0.717, 1.165) is 31.6 Å². The van der Waals surface area contributed by atoms with Crippen molar-refractivity contribution in [3.63, 3.8) is 0 Å². The Hall–Kier alpha value is -0.970. The van der Waals surface area contributed by atoms with Gasteiger partial charge in [-0.15, -0.1) is 0 Å². The molecule has 4 nitrogen and oxygen atoms in total. The molecule has 1 heterocycles. The number of aryl methyl sites for hydroxylation is 1. The van der Waals surface area contributed by atoms with Crippen LogP contribution in [0, 0.1) is 0 Å². The Bertz CT molecular complexity index is 422. The Morgan fingerprint density at radius 2 is 2.29 bits per heavy atom. The van der Waals surface area contributed by atoms with E-state index in [1.807, 2.05) is 6.92 Å². The van der Waals surface area contributed by atoms with Gasteiger partial charge < -0.3 is 5.32 Å². The maximum atomic E-state index is 11.2. The van der Waals surface area contributed by atoms with E-state index in [2.05, 4.69) is 15.3 Å². The van der Waals surface area contributed by atoms with E-state index in [1.165, 1.54) is 17.7 Å². The van der Waals surface area contributed by atoms with Crippen LogP contribution < -0.4 is 5.32 Å². The molecule has 0 aliphatic heterocycles. The van der Waals surface area contributed by atoms with Gasteiger partial charge in [0.1, 0.15) is 12.1 Å². The smallest absolute Gasteiger partial charge is 0.132 e. The minimum atomic E-state index is -0.740. The Balaban J connectivity index is 1.92. The molecule has 94 valence electrons. The van der Waals surface area contributed by atoms with Crippen molar-refractivity contribution in [1.82, 2.24) is 9.97 Å². The minimum absolute atomic E-state index is 0.234. The zero-order valence-electron chi connectivity index (χ0n) is 10.4. The van der Waals surface area contributed by atoms with Gasteiger partial charge in [0, 0.05) is 40.1 Å². The van der Waals surface area contributed by atoms with E-state index < -0.39 is 10.8 Å². The molecule has 0 saturated heterocycles. The molecule has 2 rings (SSSR count). The number of hydrogen-bond acceptors (Lipinski definition) is 4. The molecule has 0 spiro atoms. The molecular weight excluding hydrogens is 234 g/mol. The van der Waals surface area contributed by atoms with Gasteiger partial charge in [-0.05, 0) is 25.7 Å². The molecule has 0 saturated carbocycles. The number of aromatic nitrogens is 2. The zero-order valence-corrected chi connectivity index (χ0v) is 11.2. The summed E-state index contributed by atoms with van der Waals surface area (Å²) in [5.41, 5.74) is 2.47. The van der Waals surface area contributed by atoms with Crippen molar-refractivity contribution in [3.05, 3.63) is 17.6 Å². The summed E-state index contributed by atoms with van der Waals surface area (Å²) in [5, 5.41) is 3.58. The van der Waals surface area contributed by atoms with Crippen molar-refractivity contribution in [3.8, 4) is 0 Å². The summed E-state index contributed by atoms with van der Waals surface area (Å²) < 4.78 is 11.2. The minimum Gasteiger partial charge on any atom is -0.370 e. The number of hydrogen-bond donors (Lipinski definition) is 1. The van der Waals surface area contributed by atoms with Crippen LogP contribution in [-0.2, 0) is 23.6 Å². The molecule has 0 radical (unpaired) electrons. The second-order valence-electron chi connectivity index (χ2n) is 4.53. The number of anilines is 1. The van der Waals surface area contributed by atoms with Gasteiger partial charge in [0.05, 0.1) is 0 Å². The molecule has 0 aromatic carbocycles. The summed E-state index contributed by atoms with van der Waals surface area (Å²) >= 11 is 0. The fourth-order valence-electron chi connectivity index (χ4n) is 2.07. The average Bonchev–Trinajstić information content (AvgIpc) is 2.77. The quantitative estimate of drug-likeness (QED) is 0.864. The third-order valence-corrected chi connectivity index (χ3v) is 4.65. The molecule has 5 heteroatoms. The monoisotopic (exact) mass is 253 g/mol. The third-order valence-electron chi connectivity index (χ3n) is 3.28. The SMILES string of the molecule is CC(CCNc1ncnc2c1CCC2)S(C)=O. The summed E-state index contributed by atoms with van der Waals surface area (Å²) in [5.74, 6) is 0.974. The highest BCUT2D eigenvalue weighted by molar-refractivity contribution is 7.84. The van der Waals surface area contributed by atoms with E-state index in [0.29, 0.717) is 0 Å². The van der Waals surface area contributed by atoms with Crippen LogP contribution in [0.25, 0.3) is 0 Å². The van der Waals surface area contributed by atoms with Crippen molar-refractivity contribution in [2.24, 2.45) is 0 Å². The molecule has 0 amide bonds.